The van der Waals surface area contributed by atoms with Crippen LogP contribution in [0.2, 0.25) is 0 Å². The Labute approximate surface area is 149 Å². The number of aliphatic hydroxyl groups excluding tert-OH is 1. The fourth-order valence-electron chi connectivity index (χ4n) is 2.32. The second-order valence-corrected chi connectivity index (χ2v) is 5.54. The van der Waals surface area contributed by atoms with Crippen LogP contribution in [-0.4, -0.2) is 27.8 Å². The zero-order valence-corrected chi connectivity index (χ0v) is 13.8. The van der Waals surface area contributed by atoms with E-state index in [-0.39, 0.29) is 23.7 Å². The number of hydrogen-bond donors (Lipinski definition) is 3. The topological polar surface area (TPSA) is 87.1 Å². The van der Waals surface area contributed by atoms with E-state index in [1.807, 2.05) is 18.2 Å². The fraction of sp³-hybridized carbons (Fsp3) is 0.105. The van der Waals surface area contributed by atoms with Gasteiger partial charge in [0.2, 0.25) is 0 Å². The number of aromatic nitrogens is 2. The number of halogens is 1. The minimum atomic E-state index is -1.03. The Morgan fingerprint density at radius 3 is 2.42 bits per heavy atom. The second-order valence-electron chi connectivity index (χ2n) is 5.54. The van der Waals surface area contributed by atoms with Gasteiger partial charge in [-0.25, -0.2) is 4.39 Å². The van der Waals surface area contributed by atoms with Crippen LogP contribution < -0.4 is 10.6 Å². The lowest BCUT2D eigenvalue weighted by atomic mass is 10.1. The molecule has 132 valence electrons. The molecule has 6 nitrogen and oxygen atoms in total. The molecule has 0 spiro atoms. The van der Waals surface area contributed by atoms with Gasteiger partial charge >= 0.3 is 0 Å². The number of aliphatic hydroxyl groups is 1. The second kappa shape index (κ2) is 8.17. The summed E-state index contributed by atoms with van der Waals surface area (Å²) in [6, 6.07) is 18.1. The molecule has 1 unspecified atom stereocenters. The molecule has 3 rings (SSSR count). The summed E-state index contributed by atoms with van der Waals surface area (Å²) in [6.45, 7) is 0.0607. The Morgan fingerprint density at radius 1 is 1.00 bits per heavy atom. The van der Waals surface area contributed by atoms with Crippen molar-refractivity contribution in [3.05, 3.63) is 83.8 Å². The molecule has 0 aliphatic heterocycles. The van der Waals surface area contributed by atoms with E-state index in [4.69, 9.17) is 0 Å². The van der Waals surface area contributed by atoms with Crippen LogP contribution in [-0.2, 0) is 0 Å². The van der Waals surface area contributed by atoms with Gasteiger partial charge < -0.3 is 15.7 Å². The van der Waals surface area contributed by atoms with Gasteiger partial charge in [0.15, 0.2) is 5.69 Å². The van der Waals surface area contributed by atoms with E-state index in [9.17, 15) is 14.3 Å². The molecule has 3 aromatic rings. The van der Waals surface area contributed by atoms with E-state index in [0.717, 1.165) is 0 Å². The van der Waals surface area contributed by atoms with Gasteiger partial charge in [-0.2, -0.15) is 0 Å². The quantitative estimate of drug-likeness (QED) is 0.635. The Kier molecular flexibility index (Phi) is 5.50. The lowest BCUT2D eigenvalue weighted by Crippen LogP contribution is -2.17. The average molecular weight is 352 g/mol. The van der Waals surface area contributed by atoms with Gasteiger partial charge in [-0.05, 0) is 30.3 Å². The maximum Gasteiger partial charge on any atom is 0.276 e. The largest absolute Gasteiger partial charge is 0.386 e. The minimum absolute atomic E-state index is 0.0607. The first-order valence-electron chi connectivity index (χ1n) is 8.00. The number of nitrogens with zero attached hydrogens (tertiary/aromatic N) is 2. The van der Waals surface area contributed by atoms with E-state index in [1.165, 1.54) is 18.2 Å². The zero-order valence-electron chi connectivity index (χ0n) is 13.8. The van der Waals surface area contributed by atoms with Crippen molar-refractivity contribution in [2.24, 2.45) is 0 Å². The third-order valence-corrected chi connectivity index (χ3v) is 3.67. The predicted octanol–water partition coefficient (Wildman–Crippen LogP) is 3.01. The lowest BCUT2D eigenvalue weighted by Gasteiger charge is -2.13. The molecule has 0 radical (unpaired) electrons. The first-order valence-corrected chi connectivity index (χ1v) is 8.00. The van der Waals surface area contributed by atoms with Crippen molar-refractivity contribution in [3.8, 4) is 0 Å². The number of hydrogen-bond acceptors (Lipinski definition) is 5. The number of amides is 1. The Bertz CT molecular complexity index is 872. The van der Waals surface area contributed by atoms with E-state index in [0.29, 0.717) is 11.5 Å². The van der Waals surface area contributed by atoms with Crippen LogP contribution in [0, 0.1) is 5.82 Å². The predicted molar refractivity (Wildman–Crippen MR) is 96.3 cm³/mol. The van der Waals surface area contributed by atoms with Crippen LogP contribution in [0.1, 0.15) is 22.2 Å². The van der Waals surface area contributed by atoms with Crippen LogP contribution in [0.3, 0.4) is 0 Å². The Morgan fingerprint density at radius 2 is 1.73 bits per heavy atom. The average Bonchev–Trinajstić information content (AvgIpc) is 2.67. The summed E-state index contributed by atoms with van der Waals surface area (Å²) in [6.07, 6.45) is -1.03. The number of anilines is 2. The van der Waals surface area contributed by atoms with Gasteiger partial charge in [-0.3, -0.25) is 4.79 Å². The molecule has 0 bridgehead atoms. The molecule has 1 atom stereocenters. The van der Waals surface area contributed by atoms with E-state index < -0.39 is 11.9 Å². The highest BCUT2D eigenvalue weighted by Crippen LogP contribution is 2.17. The highest BCUT2D eigenvalue weighted by Gasteiger charge is 2.13. The summed E-state index contributed by atoms with van der Waals surface area (Å²) in [5, 5.41) is 23.4. The molecule has 0 fully saturated rings. The molecule has 0 saturated carbocycles. The monoisotopic (exact) mass is 352 g/mol. The zero-order chi connectivity index (χ0) is 18.4. The summed E-state index contributed by atoms with van der Waals surface area (Å²) in [7, 11) is 0. The number of carbonyl (C=O) groups is 1. The summed E-state index contributed by atoms with van der Waals surface area (Å²) >= 11 is 0. The number of carbonyl (C=O) groups excluding carboxylic acids is 1. The maximum absolute atomic E-state index is 13.6. The molecule has 1 aromatic heterocycles. The van der Waals surface area contributed by atoms with Crippen LogP contribution in [0.15, 0.2) is 66.7 Å². The first-order chi connectivity index (χ1) is 12.6. The highest BCUT2D eigenvalue weighted by atomic mass is 19.1. The molecule has 1 amide bonds. The van der Waals surface area contributed by atoms with Crippen molar-refractivity contribution in [3.63, 3.8) is 0 Å². The molecule has 2 aromatic carbocycles. The van der Waals surface area contributed by atoms with Crippen molar-refractivity contribution in [2.45, 2.75) is 6.10 Å². The van der Waals surface area contributed by atoms with E-state index >= 15 is 0 Å². The summed E-state index contributed by atoms with van der Waals surface area (Å²) in [4.78, 5) is 12.1. The van der Waals surface area contributed by atoms with E-state index in [2.05, 4.69) is 20.8 Å². The van der Waals surface area contributed by atoms with Crippen molar-refractivity contribution < 1.29 is 14.3 Å². The van der Waals surface area contributed by atoms with Gasteiger partial charge in [0.25, 0.3) is 5.91 Å². The standard InChI is InChI=1S/C19H17FN4O2/c20-15-9-5-4-8-14(15)17(25)12-21-18-11-10-16(23-24-18)19(26)22-13-6-2-1-3-7-13/h1-11,17,25H,12H2,(H,21,24)(H,22,26). The molecular formula is C19H17FN4O2. The number of rotatable bonds is 6. The summed E-state index contributed by atoms with van der Waals surface area (Å²) in [5.74, 6) is -0.473. The van der Waals surface area contributed by atoms with Crippen LogP contribution in [0.5, 0.6) is 0 Å². The SMILES string of the molecule is O=C(Nc1ccccc1)c1ccc(NCC(O)c2ccccc2F)nn1. The molecule has 0 aliphatic carbocycles. The van der Waals surface area contributed by atoms with Gasteiger partial charge in [-0.15, -0.1) is 10.2 Å². The van der Waals surface area contributed by atoms with Crippen LogP contribution >= 0.6 is 0 Å². The van der Waals surface area contributed by atoms with Crippen molar-refractivity contribution in [1.29, 1.82) is 0 Å². The normalized spacial score (nSPS) is 11.6. The molecular weight excluding hydrogens is 335 g/mol. The highest BCUT2D eigenvalue weighted by molar-refractivity contribution is 6.02. The van der Waals surface area contributed by atoms with Crippen molar-refractivity contribution in [1.82, 2.24) is 10.2 Å². The van der Waals surface area contributed by atoms with Crippen LogP contribution in [0.4, 0.5) is 15.9 Å². The molecule has 0 saturated heterocycles. The van der Waals surface area contributed by atoms with Crippen molar-refractivity contribution >= 4 is 17.4 Å². The third-order valence-electron chi connectivity index (χ3n) is 3.67. The van der Waals surface area contributed by atoms with E-state index in [1.54, 1.807) is 30.3 Å². The lowest BCUT2D eigenvalue weighted by molar-refractivity contribution is 0.102. The van der Waals surface area contributed by atoms with Gasteiger partial charge in [0.1, 0.15) is 11.6 Å². The van der Waals surface area contributed by atoms with Gasteiger partial charge in [-0.1, -0.05) is 36.4 Å². The maximum atomic E-state index is 13.6. The number of benzene rings is 2. The molecule has 26 heavy (non-hydrogen) atoms. The fourth-order valence-corrected chi connectivity index (χ4v) is 2.32. The summed E-state index contributed by atoms with van der Waals surface area (Å²) in [5.41, 5.74) is 1.02. The smallest absolute Gasteiger partial charge is 0.276 e. The van der Waals surface area contributed by atoms with Gasteiger partial charge in [0.05, 0.1) is 6.10 Å². The molecule has 0 aliphatic rings. The van der Waals surface area contributed by atoms with Crippen molar-refractivity contribution in [2.75, 3.05) is 17.2 Å². The Hall–Kier alpha value is -3.32. The third kappa shape index (κ3) is 4.40. The Balaban J connectivity index is 1.57. The first kappa shape index (κ1) is 17.5. The van der Waals surface area contributed by atoms with Gasteiger partial charge in [0, 0.05) is 17.8 Å². The summed E-state index contributed by atoms with van der Waals surface area (Å²) < 4.78 is 13.6. The number of nitrogens with one attached hydrogen (secondary N) is 2. The molecule has 7 heteroatoms. The molecule has 1 heterocycles. The number of para-hydroxylation sites is 1. The van der Waals surface area contributed by atoms with Crippen LogP contribution in [0.25, 0.3) is 0 Å². The molecule has 3 N–H and O–H groups in total. The minimum Gasteiger partial charge on any atom is -0.386 e.